The molecular weight excluding hydrogens is 284 g/mol. The van der Waals surface area contributed by atoms with Crippen LogP contribution in [0.25, 0.3) is 10.6 Å². The predicted octanol–water partition coefficient (Wildman–Crippen LogP) is 2.03. The number of piperidine rings is 1. The van der Waals surface area contributed by atoms with Crippen molar-refractivity contribution in [1.82, 2.24) is 20.2 Å². The third-order valence-corrected chi connectivity index (χ3v) is 4.80. The van der Waals surface area contributed by atoms with Crippen molar-refractivity contribution in [1.29, 1.82) is 0 Å². The minimum atomic E-state index is 0.0905. The van der Waals surface area contributed by atoms with Gasteiger partial charge in [-0.2, -0.15) is 0 Å². The van der Waals surface area contributed by atoms with E-state index in [0.717, 1.165) is 36.5 Å². The zero-order chi connectivity index (χ0) is 14.7. The molecule has 5 nitrogen and oxygen atoms in total. The number of nitrogens with zero attached hydrogens (tertiary/aromatic N) is 3. The average molecular weight is 302 g/mol. The number of amides is 1. The molecule has 2 aromatic rings. The monoisotopic (exact) mass is 302 g/mol. The molecule has 110 valence electrons. The average Bonchev–Trinajstić information content (AvgIpc) is 3.05. The van der Waals surface area contributed by atoms with Crippen LogP contribution in [0, 0.1) is 0 Å². The topological polar surface area (TPSA) is 58.1 Å². The molecule has 1 aliphatic heterocycles. The highest BCUT2D eigenvalue weighted by Crippen LogP contribution is 2.26. The number of carbonyl (C=O) groups excluding carboxylic acids is 1. The Balaban J connectivity index is 1.75. The Hall–Kier alpha value is -1.79. The first kappa shape index (κ1) is 14.2. The Morgan fingerprint density at radius 1 is 1.43 bits per heavy atom. The summed E-state index contributed by atoms with van der Waals surface area (Å²) in [4.78, 5) is 23.6. The number of likely N-dealkylation sites (N-methyl/N-ethyl adjacent to an activating group) is 1. The molecule has 3 heterocycles. The van der Waals surface area contributed by atoms with Gasteiger partial charge in [0.15, 0.2) is 0 Å². The first-order chi connectivity index (χ1) is 10.3. The van der Waals surface area contributed by atoms with Crippen molar-refractivity contribution in [2.24, 2.45) is 0 Å². The number of nitrogens with one attached hydrogen (secondary N) is 1. The van der Waals surface area contributed by atoms with Gasteiger partial charge in [-0.1, -0.05) is 0 Å². The fourth-order valence-electron chi connectivity index (χ4n) is 2.55. The van der Waals surface area contributed by atoms with Gasteiger partial charge in [0.2, 0.25) is 0 Å². The SMILES string of the molecule is CN[C@H]1CCCN(C(=O)c2cnc(-c3ccncc3)s2)C1. The number of hydrogen-bond donors (Lipinski definition) is 1. The van der Waals surface area contributed by atoms with Crippen LogP contribution in [0.4, 0.5) is 0 Å². The normalized spacial score (nSPS) is 18.7. The van der Waals surface area contributed by atoms with E-state index in [1.165, 1.54) is 11.3 Å². The smallest absolute Gasteiger partial charge is 0.265 e. The fraction of sp³-hybridized carbons (Fsp3) is 0.400. The molecule has 1 amide bonds. The van der Waals surface area contributed by atoms with Crippen molar-refractivity contribution < 1.29 is 4.79 Å². The van der Waals surface area contributed by atoms with Gasteiger partial charge in [-0.25, -0.2) is 4.98 Å². The number of thiazole rings is 1. The fourth-order valence-corrected chi connectivity index (χ4v) is 3.44. The second-order valence-corrected chi connectivity index (χ2v) is 6.18. The Labute approximate surface area is 128 Å². The zero-order valence-corrected chi connectivity index (χ0v) is 12.8. The molecule has 1 saturated heterocycles. The van der Waals surface area contributed by atoms with Crippen molar-refractivity contribution in [3.8, 4) is 10.6 Å². The van der Waals surface area contributed by atoms with Gasteiger partial charge in [-0.15, -0.1) is 11.3 Å². The van der Waals surface area contributed by atoms with E-state index in [2.05, 4.69) is 15.3 Å². The van der Waals surface area contributed by atoms with Gasteiger partial charge in [0.1, 0.15) is 9.88 Å². The van der Waals surface area contributed by atoms with E-state index in [1.54, 1.807) is 18.6 Å². The minimum absolute atomic E-state index is 0.0905. The van der Waals surface area contributed by atoms with Crippen molar-refractivity contribution in [2.75, 3.05) is 20.1 Å². The molecule has 3 rings (SSSR count). The summed E-state index contributed by atoms with van der Waals surface area (Å²) in [5, 5.41) is 4.12. The van der Waals surface area contributed by atoms with Crippen molar-refractivity contribution in [3.63, 3.8) is 0 Å². The molecular formula is C15H18N4OS. The number of likely N-dealkylation sites (tertiary alicyclic amines) is 1. The van der Waals surface area contributed by atoms with E-state index >= 15 is 0 Å². The largest absolute Gasteiger partial charge is 0.336 e. The summed E-state index contributed by atoms with van der Waals surface area (Å²) >= 11 is 1.45. The van der Waals surface area contributed by atoms with Gasteiger partial charge >= 0.3 is 0 Å². The Morgan fingerprint density at radius 2 is 2.24 bits per heavy atom. The summed E-state index contributed by atoms with van der Waals surface area (Å²) in [7, 11) is 1.95. The molecule has 0 unspecified atom stereocenters. The van der Waals surface area contributed by atoms with E-state index in [-0.39, 0.29) is 5.91 Å². The first-order valence-corrected chi connectivity index (χ1v) is 7.92. The third-order valence-electron chi connectivity index (χ3n) is 3.76. The van der Waals surface area contributed by atoms with Crippen LogP contribution in [-0.4, -0.2) is 47.0 Å². The third kappa shape index (κ3) is 3.11. The maximum atomic E-state index is 12.6. The molecule has 2 aromatic heterocycles. The molecule has 1 atom stereocenters. The summed E-state index contributed by atoms with van der Waals surface area (Å²) in [5.41, 5.74) is 1.00. The molecule has 1 fully saturated rings. The molecule has 21 heavy (non-hydrogen) atoms. The van der Waals surface area contributed by atoms with Crippen LogP contribution in [0.15, 0.2) is 30.7 Å². The first-order valence-electron chi connectivity index (χ1n) is 7.10. The van der Waals surface area contributed by atoms with Gasteiger partial charge in [0.25, 0.3) is 5.91 Å². The minimum Gasteiger partial charge on any atom is -0.336 e. The van der Waals surface area contributed by atoms with Gasteiger partial charge in [0, 0.05) is 37.1 Å². The lowest BCUT2D eigenvalue weighted by atomic mass is 10.1. The van der Waals surface area contributed by atoms with Crippen molar-refractivity contribution in [2.45, 2.75) is 18.9 Å². The number of rotatable bonds is 3. The van der Waals surface area contributed by atoms with Crippen molar-refractivity contribution in [3.05, 3.63) is 35.6 Å². The molecule has 0 aromatic carbocycles. The van der Waals surface area contributed by atoms with E-state index in [0.29, 0.717) is 10.9 Å². The highest BCUT2D eigenvalue weighted by molar-refractivity contribution is 7.16. The van der Waals surface area contributed by atoms with Gasteiger partial charge in [0.05, 0.1) is 6.20 Å². The lowest BCUT2D eigenvalue weighted by molar-refractivity contribution is 0.0703. The zero-order valence-electron chi connectivity index (χ0n) is 12.0. The summed E-state index contributed by atoms with van der Waals surface area (Å²) in [6.07, 6.45) is 7.34. The van der Waals surface area contributed by atoms with Crippen LogP contribution < -0.4 is 5.32 Å². The second-order valence-electron chi connectivity index (χ2n) is 5.14. The van der Waals surface area contributed by atoms with Crippen LogP contribution in [0.2, 0.25) is 0 Å². The molecule has 6 heteroatoms. The lowest BCUT2D eigenvalue weighted by Gasteiger charge is -2.32. The number of aromatic nitrogens is 2. The van der Waals surface area contributed by atoms with E-state index in [4.69, 9.17) is 0 Å². The molecule has 0 spiro atoms. The van der Waals surface area contributed by atoms with Crippen molar-refractivity contribution >= 4 is 17.2 Å². The summed E-state index contributed by atoms with van der Waals surface area (Å²) < 4.78 is 0. The van der Waals surface area contributed by atoms with Crippen LogP contribution in [-0.2, 0) is 0 Å². The highest BCUT2D eigenvalue weighted by Gasteiger charge is 2.24. The lowest BCUT2D eigenvalue weighted by Crippen LogP contribution is -2.46. The van der Waals surface area contributed by atoms with E-state index < -0.39 is 0 Å². The van der Waals surface area contributed by atoms with Crippen LogP contribution in [0.1, 0.15) is 22.5 Å². The van der Waals surface area contributed by atoms with Crippen LogP contribution in [0.3, 0.4) is 0 Å². The summed E-state index contributed by atoms with van der Waals surface area (Å²) in [6, 6.07) is 4.21. The summed E-state index contributed by atoms with van der Waals surface area (Å²) in [5.74, 6) is 0.0905. The maximum absolute atomic E-state index is 12.6. The number of carbonyl (C=O) groups is 1. The van der Waals surface area contributed by atoms with Crippen LogP contribution >= 0.6 is 11.3 Å². The molecule has 0 bridgehead atoms. The number of pyridine rings is 1. The molecule has 0 saturated carbocycles. The Morgan fingerprint density at radius 3 is 3.00 bits per heavy atom. The molecule has 1 N–H and O–H groups in total. The molecule has 0 radical (unpaired) electrons. The number of hydrogen-bond acceptors (Lipinski definition) is 5. The van der Waals surface area contributed by atoms with E-state index in [9.17, 15) is 4.79 Å². The quantitative estimate of drug-likeness (QED) is 0.942. The predicted molar refractivity (Wildman–Crippen MR) is 83.3 cm³/mol. The van der Waals surface area contributed by atoms with E-state index in [1.807, 2.05) is 24.1 Å². The molecule has 1 aliphatic rings. The standard InChI is InChI=1S/C15H18N4OS/c1-16-12-3-2-8-19(10-12)15(20)13-9-18-14(21-13)11-4-6-17-7-5-11/h4-7,9,12,16H,2-3,8,10H2,1H3/t12-/m0/s1. The highest BCUT2D eigenvalue weighted by atomic mass is 32.1. The van der Waals surface area contributed by atoms with Crippen LogP contribution in [0.5, 0.6) is 0 Å². The molecule has 0 aliphatic carbocycles. The Kier molecular flexibility index (Phi) is 4.26. The van der Waals surface area contributed by atoms with Gasteiger partial charge in [-0.3, -0.25) is 9.78 Å². The summed E-state index contributed by atoms with van der Waals surface area (Å²) in [6.45, 7) is 1.61. The van der Waals surface area contributed by atoms with Gasteiger partial charge in [-0.05, 0) is 32.0 Å². The second kappa shape index (κ2) is 6.32. The maximum Gasteiger partial charge on any atom is 0.265 e. The van der Waals surface area contributed by atoms with Gasteiger partial charge < -0.3 is 10.2 Å². The Bertz CT molecular complexity index is 613.